The van der Waals surface area contributed by atoms with E-state index in [-0.39, 0.29) is 0 Å². The second kappa shape index (κ2) is 6.62. The van der Waals surface area contributed by atoms with Gasteiger partial charge in [-0.1, -0.05) is 6.07 Å². The lowest BCUT2D eigenvalue weighted by Crippen LogP contribution is -2.27. The summed E-state index contributed by atoms with van der Waals surface area (Å²) in [5, 5.41) is 8.96. The number of halogens is 2. The molecule has 0 spiro atoms. The van der Waals surface area contributed by atoms with E-state index >= 15 is 0 Å². The van der Waals surface area contributed by atoms with Gasteiger partial charge in [-0.25, -0.2) is 0 Å². The lowest BCUT2D eigenvalue weighted by Gasteiger charge is -2.23. The van der Waals surface area contributed by atoms with Gasteiger partial charge in [0.1, 0.15) is 0 Å². The van der Waals surface area contributed by atoms with Crippen molar-refractivity contribution in [1.29, 1.82) is 5.26 Å². The molecule has 0 aliphatic rings. The van der Waals surface area contributed by atoms with Crippen LogP contribution in [0.1, 0.15) is 11.1 Å². The summed E-state index contributed by atoms with van der Waals surface area (Å²) < 4.78 is 0. The first-order chi connectivity index (χ1) is 7.72. The van der Waals surface area contributed by atoms with Gasteiger partial charge < -0.3 is 4.90 Å². The van der Waals surface area contributed by atoms with Crippen molar-refractivity contribution in [3.63, 3.8) is 0 Å². The van der Waals surface area contributed by atoms with Crippen LogP contribution in [0.4, 0.5) is 5.69 Å². The molecule has 0 saturated heterocycles. The van der Waals surface area contributed by atoms with Crippen molar-refractivity contribution in [3.8, 4) is 6.07 Å². The molecule has 0 heterocycles. The number of aryl methyl sites for hydroxylation is 1. The molecule has 0 aromatic heterocycles. The monoisotopic (exact) mass is 256 g/mol. The number of alkyl halides is 2. The highest BCUT2D eigenvalue weighted by Crippen LogP contribution is 2.19. The molecule has 0 bridgehead atoms. The topological polar surface area (TPSA) is 27.0 Å². The molecule has 0 aliphatic heterocycles. The summed E-state index contributed by atoms with van der Waals surface area (Å²) in [4.78, 5) is 2.08. The van der Waals surface area contributed by atoms with Crippen LogP contribution < -0.4 is 4.90 Å². The molecule has 2 nitrogen and oxygen atoms in total. The second-order valence-electron chi connectivity index (χ2n) is 3.48. The fraction of sp³-hybridized carbons (Fsp3) is 0.417. The first-order valence-electron chi connectivity index (χ1n) is 5.10. The van der Waals surface area contributed by atoms with Gasteiger partial charge >= 0.3 is 0 Å². The zero-order chi connectivity index (χ0) is 12.0. The summed E-state index contributed by atoms with van der Waals surface area (Å²) >= 11 is 11.5. The van der Waals surface area contributed by atoms with Crippen LogP contribution in [0.2, 0.25) is 0 Å². The fourth-order valence-electron chi connectivity index (χ4n) is 1.50. The van der Waals surface area contributed by atoms with Gasteiger partial charge in [0.2, 0.25) is 0 Å². The van der Waals surface area contributed by atoms with Gasteiger partial charge in [0, 0.05) is 30.5 Å². The van der Waals surface area contributed by atoms with Crippen molar-refractivity contribution in [1.82, 2.24) is 0 Å². The average molecular weight is 257 g/mol. The van der Waals surface area contributed by atoms with Crippen molar-refractivity contribution in [2.45, 2.75) is 6.92 Å². The third kappa shape index (κ3) is 3.30. The molecule has 1 rings (SSSR count). The van der Waals surface area contributed by atoms with Crippen LogP contribution >= 0.6 is 23.2 Å². The van der Waals surface area contributed by atoms with Crippen molar-refractivity contribution in [2.75, 3.05) is 29.7 Å². The molecule has 1 aromatic carbocycles. The minimum absolute atomic E-state index is 0.548. The molecule has 16 heavy (non-hydrogen) atoms. The number of anilines is 1. The third-order valence-corrected chi connectivity index (χ3v) is 2.75. The number of hydrogen-bond donors (Lipinski definition) is 0. The van der Waals surface area contributed by atoms with Gasteiger partial charge in [0.15, 0.2) is 0 Å². The Morgan fingerprint density at radius 3 is 2.38 bits per heavy atom. The first-order valence-corrected chi connectivity index (χ1v) is 6.17. The predicted octanol–water partition coefficient (Wildman–Crippen LogP) is 3.15. The molecule has 0 fully saturated rings. The summed E-state index contributed by atoms with van der Waals surface area (Å²) in [7, 11) is 0. The Morgan fingerprint density at radius 2 is 1.88 bits per heavy atom. The highest BCUT2D eigenvalue weighted by molar-refractivity contribution is 6.18. The summed E-state index contributed by atoms with van der Waals surface area (Å²) in [6.45, 7) is 3.40. The molecule has 86 valence electrons. The Balaban J connectivity index is 2.96. The van der Waals surface area contributed by atoms with Crippen LogP contribution in [0.15, 0.2) is 18.2 Å². The smallest absolute Gasteiger partial charge is 0.0995 e. The number of nitrogens with zero attached hydrogens (tertiary/aromatic N) is 2. The molecule has 0 amide bonds. The van der Waals surface area contributed by atoms with E-state index in [1.165, 1.54) is 0 Å². The molecule has 0 atom stereocenters. The number of rotatable bonds is 5. The Bertz CT molecular complexity index is 379. The van der Waals surface area contributed by atoms with E-state index in [0.29, 0.717) is 17.3 Å². The van der Waals surface area contributed by atoms with Crippen LogP contribution in [0.25, 0.3) is 0 Å². The molecule has 1 aromatic rings. The highest BCUT2D eigenvalue weighted by Gasteiger charge is 2.07. The summed E-state index contributed by atoms with van der Waals surface area (Å²) in [6.07, 6.45) is 0. The standard InChI is InChI=1S/C12H14Cl2N2/c1-10-2-3-12(8-11(10)9-15)16(6-4-13)7-5-14/h2-3,8H,4-7H2,1H3. The van der Waals surface area contributed by atoms with Gasteiger partial charge in [-0.05, 0) is 24.6 Å². The maximum atomic E-state index is 8.96. The Morgan fingerprint density at radius 1 is 1.25 bits per heavy atom. The predicted molar refractivity (Wildman–Crippen MR) is 69.5 cm³/mol. The van der Waals surface area contributed by atoms with Gasteiger partial charge in [-0.3, -0.25) is 0 Å². The zero-order valence-corrected chi connectivity index (χ0v) is 10.7. The van der Waals surface area contributed by atoms with Crippen LogP contribution in [-0.4, -0.2) is 24.8 Å². The van der Waals surface area contributed by atoms with Gasteiger partial charge in [0.05, 0.1) is 11.6 Å². The fourth-order valence-corrected chi connectivity index (χ4v) is 1.91. The zero-order valence-electron chi connectivity index (χ0n) is 9.21. The van der Waals surface area contributed by atoms with E-state index in [1.807, 2.05) is 25.1 Å². The second-order valence-corrected chi connectivity index (χ2v) is 4.23. The SMILES string of the molecule is Cc1ccc(N(CCCl)CCCl)cc1C#N. The molecule has 0 saturated carbocycles. The Kier molecular flexibility index (Phi) is 5.45. The summed E-state index contributed by atoms with van der Waals surface area (Å²) in [5.74, 6) is 1.10. The highest BCUT2D eigenvalue weighted by atomic mass is 35.5. The molecule has 4 heteroatoms. The first kappa shape index (κ1) is 13.2. The molecule has 0 N–H and O–H groups in total. The van der Waals surface area contributed by atoms with Crippen LogP contribution in [0.5, 0.6) is 0 Å². The number of benzene rings is 1. The maximum Gasteiger partial charge on any atom is 0.0995 e. The molecule has 0 radical (unpaired) electrons. The van der Waals surface area contributed by atoms with Gasteiger partial charge in [-0.15, -0.1) is 23.2 Å². The number of nitriles is 1. The normalized spacial score (nSPS) is 9.88. The maximum absolute atomic E-state index is 8.96. The Hall–Kier alpha value is -0.910. The lowest BCUT2D eigenvalue weighted by atomic mass is 10.1. The minimum atomic E-state index is 0.548. The van der Waals surface area contributed by atoms with Crippen molar-refractivity contribution < 1.29 is 0 Å². The van der Waals surface area contributed by atoms with E-state index in [0.717, 1.165) is 24.3 Å². The van der Waals surface area contributed by atoms with E-state index in [1.54, 1.807) is 0 Å². The van der Waals surface area contributed by atoms with Crippen LogP contribution in [-0.2, 0) is 0 Å². The van der Waals surface area contributed by atoms with Gasteiger partial charge in [0.25, 0.3) is 0 Å². The third-order valence-electron chi connectivity index (χ3n) is 2.42. The summed E-state index contributed by atoms with van der Waals surface area (Å²) in [6, 6.07) is 8.01. The van der Waals surface area contributed by atoms with Crippen LogP contribution in [0, 0.1) is 18.3 Å². The number of hydrogen-bond acceptors (Lipinski definition) is 2. The largest absolute Gasteiger partial charge is 0.369 e. The molecule has 0 unspecified atom stereocenters. The van der Waals surface area contributed by atoms with Crippen molar-refractivity contribution >= 4 is 28.9 Å². The van der Waals surface area contributed by atoms with E-state index < -0.39 is 0 Å². The minimum Gasteiger partial charge on any atom is -0.369 e. The van der Waals surface area contributed by atoms with E-state index in [4.69, 9.17) is 28.5 Å². The van der Waals surface area contributed by atoms with Crippen molar-refractivity contribution in [3.05, 3.63) is 29.3 Å². The van der Waals surface area contributed by atoms with E-state index in [2.05, 4.69) is 11.0 Å². The van der Waals surface area contributed by atoms with E-state index in [9.17, 15) is 0 Å². The van der Waals surface area contributed by atoms with Crippen LogP contribution in [0.3, 0.4) is 0 Å². The molecular formula is C12H14Cl2N2. The Labute approximate surface area is 106 Å². The van der Waals surface area contributed by atoms with Crippen molar-refractivity contribution in [2.24, 2.45) is 0 Å². The molecular weight excluding hydrogens is 243 g/mol. The van der Waals surface area contributed by atoms with Gasteiger partial charge in [-0.2, -0.15) is 5.26 Å². The molecule has 0 aliphatic carbocycles. The average Bonchev–Trinajstić information content (AvgIpc) is 2.29. The lowest BCUT2D eigenvalue weighted by molar-refractivity contribution is 0.873. The summed E-state index contributed by atoms with van der Waals surface area (Å²) in [5.41, 5.74) is 2.69. The quantitative estimate of drug-likeness (QED) is 0.757.